The Balaban J connectivity index is 2.40. The van der Waals surface area contributed by atoms with E-state index in [1.165, 1.54) is 0 Å². The minimum absolute atomic E-state index is 0.0110. The molecule has 0 saturated carbocycles. The average Bonchev–Trinajstić information content (AvgIpc) is 2.58. The Morgan fingerprint density at radius 1 is 1.62 bits per heavy atom. The maximum atomic E-state index is 11.3. The molecule has 1 aliphatic rings. The van der Waals surface area contributed by atoms with E-state index in [9.17, 15) is 9.59 Å². The molecule has 1 fully saturated rings. The highest BCUT2D eigenvalue weighted by molar-refractivity contribution is 5.79. The van der Waals surface area contributed by atoms with Crippen molar-refractivity contribution in [3.05, 3.63) is 0 Å². The molecule has 1 amide bonds. The number of amides is 1. The summed E-state index contributed by atoms with van der Waals surface area (Å²) in [4.78, 5) is 24.0. The Kier molecular flexibility index (Phi) is 3.85. The van der Waals surface area contributed by atoms with Gasteiger partial charge in [0.15, 0.2) is 0 Å². The van der Waals surface area contributed by atoms with Crippen molar-refractivity contribution in [3.63, 3.8) is 0 Å². The van der Waals surface area contributed by atoms with E-state index in [-0.39, 0.29) is 19.0 Å². The lowest BCUT2D eigenvalue weighted by molar-refractivity contribution is -0.147. The number of carboxylic acids is 1. The molecule has 0 aromatic heterocycles. The van der Waals surface area contributed by atoms with Gasteiger partial charge in [0.2, 0.25) is 5.91 Å². The van der Waals surface area contributed by atoms with Gasteiger partial charge in [0, 0.05) is 6.54 Å². The van der Waals surface area contributed by atoms with Gasteiger partial charge < -0.3 is 10.4 Å². The van der Waals surface area contributed by atoms with Crippen LogP contribution < -0.4 is 5.32 Å². The largest absolute Gasteiger partial charge is 0.481 e. The summed E-state index contributed by atoms with van der Waals surface area (Å²) in [6.07, 6.45) is 0.549. The molecule has 0 aromatic rings. The fourth-order valence-corrected chi connectivity index (χ4v) is 1.76. The average molecular weight is 225 g/mol. The van der Waals surface area contributed by atoms with E-state index in [2.05, 4.69) is 5.32 Å². The lowest BCUT2D eigenvalue weighted by Gasteiger charge is -2.19. The molecular formula is C10H15N3O3. The van der Waals surface area contributed by atoms with Crippen molar-refractivity contribution >= 4 is 11.9 Å². The monoisotopic (exact) mass is 225 g/mol. The fraction of sp³-hybridized carbons (Fsp3) is 0.700. The molecule has 6 heteroatoms. The fourth-order valence-electron chi connectivity index (χ4n) is 1.76. The van der Waals surface area contributed by atoms with Crippen LogP contribution >= 0.6 is 0 Å². The third kappa shape index (κ3) is 2.94. The highest BCUT2D eigenvalue weighted by Gasteiger charge is 2.40. The first-order chi connectivity index (χ1) is 7.48. The summed E-state index contributed by atoms with van der Waals surface area (Å²) >= 11 is 0. The van der Waals surface area contributed by atoms with Gasteiger partial charge in [-0.15, -0.1) is 0 Å². The second-order valence-electron chi connectivity index (χ2n) is 4.26. The Hall–Kier alpha value is -1.61. The molecule has 0 spiro atoms. The Bertz CT molecular complexity index is 337. The third-order valence-corrected chi connectivity index (χ3v) is 2.80. The molecule has 2 N–H and O–H groups in total. The standard InChI is InChI=1S/C10H15N3O3/c1-10(9(15)16)2-5-13(7-10)6-8(14)12-4-3-11/h2,4-7H2,1H3,(H,12,14)(H,15,16). The van der Waals surface area contributed by atoms with Crippen LogP contribution in [-0.4, -0.2) is 48.1 Å². The van der Waals surface area contributed by atoms with Crippen molar-refractivity contribution in [3.8, 4) is 6.07 Å². The van der Waals surface area contributed by atoms with E-state index < -0.39 is 11.4 Å². The van der Waals surface area contributed by atoms with Crippen LogP contribution in [0.25, 0.3) is 0 Å². The molecule has 0 radical (unpaired) electrons. The van der Waals surface area contributed by atoms with Crippen LogP contribution in [0.15, 0.2) is 0 Å². The summed E-state index contributed by atoms with van der Waals surface area (Å²) in [7, 11) is 0. The molecule has 0 aliphatic carbocycles. The summed E-state index contributed by atoms with van der Waals surface area (Å²) in [6.45, 7) is 2.81. The normalized spacial score (nSPS) is 25.0. The summed E-state index contributed by atoms with van der Waals surface area (Å²) < 4.78 is 0. The van der Waals surface area contributed by atoms with Crippen molar-refractivity contribution in [1.82, 2.24) is 10.2 Å². The highest BCUT2D eigenvalue weighted by atomic mass is 16.4. The van der Waals surface area contributed by atoms with Crippen LogP contribution in [0.2, 0.25) is 0 Å². The molecule has 1 saturated heterocycles. The van der Waals surface area contributed by atoms with E-state index >= 15 is 0 Å². The molecule has 1 atom stereocenters. The van der Waals surface area contributed by atoms with Gasteiger partial charge in [-0.05, 0) is 19.9 Å². The van der Waals surface area contributed by atoms with Gasteiger partial charge in [0.25, 0.3) is 0 Å². The Morgan fingerprint density at radius 3 is 2.81 bits per heavy atom. The number of carbonyl (C=O) groups excluding carboxylic acids is 1. The zero-order valence-electron chi connectivity index (χ0n) is 9.19. The van der Waals surface area contributed by atoms with Crippen LogP contribution in [0.5, 0.6) is 0 Å². The maximum Gasteiger partial charge on any atom is 0.310 e. The molecular weight excluding hydrogens is 210 g/mol. The van der Waals surface area contributed by atoms with Crippen LogP contribution in [0.3, 0.4) is 0 Å². The predicted molar refractivity (Wildman–Crippen MR) is 55.4 cm³/mol. The summed E-state index contributed by atoms with van der Waals surface area (Å²) in [5.74, 6) is -1.07. The van der Waals surface area contributed by atoms with E-state index in [0.29, 0.717) is 19.5 Å². The Labute approximate surface area is 93.8 Å². The van der Waals surface area contributed by atoms with E-state index in [4.69, 9.17) is 10.4 Å². The summed E-state index contributed by atoms with van der Waals surface area (Å²) in [5.41, 5.74) is -0.754. The quantitative estimate of drug-likeness (QED) is 0.624. The lowest BCUT2D eigenvalue weighted by atomic mass is 9.90. The van der Waals surface area contributed by atoms with Crippen molar-refractivity contribution in [2.45, 2.75) is 13.3 Å². The molecule has 1 aliphatic heterocycles. The molecule has 88 valence electrons. The number of carbonyl (C=O) groups is 2. The number of nitrogens with one attached hydrogen (secondary N) is 1. The molecule has 16 heavy (non-hydrogen) atoms. The van der Waals surface area contributed by atoms with Gasteiger partial charge in [-0.1, -0.05) is 0 Å². The van der Waals surface area contributed by atoms with E-state index in [0.717, 1.165) is 0 Å². The van der Waals surface area contributed by atoms with Crippen LogP contribution in [0.4, 0.5) is 0 Å². The minimum atomic E-state index is -0.826. The first kappa shape index (κ1) is 12.5. The number of nitriles is 1. The smallest absolute Gasteiger partial charge is 0.310 e. The summed E-state index contributed by atoms with van der Waals surface area (Å²) in [5, 5.41) is 19.7. The van der Waals surface area contributed by atoms with Gasteiger partial charge in [-0.2, -0.15) is 5.26 Å². The number of nitrogens with zero attached hydrogens (tertiary/aromatic N) is 2. The molecule has 0 bridgehead atoms. The van der Waals surface area contributed by atoms with Gasteiger partial charge in [0.1, 0.15) is 6.54 Å². The topological polar surface area (TPSA) is 93.4 Å². The highest BCUT2D eigenvalue weighted by Crippen LogP contribution is 2.29. The lowest BCUT2D eigenvalue weighted by Crippen LogP contribution is -2.38. The second-order valence-corrected chi connectivity index (χ2v) is 4.26. The maximum absolute atomic E-state index is 11.3. The molecule has 1 rings (SSSR count). The zero-order valence-corrected chi connectivity index (χ0v) is 9.19. The molecule has 6 nitrogen and oxygen atoms in total. The number of hydrogen-bond acceptors (Lipinski definition) is 4. The predicted octanol–water partition coefficient (Wildman–Crippen LogP) is -0.577. The van der Waals surface area contributed by atoms with Gasteiger partial charge in [-0.25, -0.2) is 0 Å². The number of carboxylic acid groups (broad SMARTS) is 1. The summed E-state index contributed by atoms with van der Waals surface area (Å²) in [6, 6.07) is 1.81. The van der Waals surface area contributed by atoms with E-state index in [1.54, 1.807) is 11.8 Å². The SMILES string of the molecule is CC1(C(=O)O)CCN(CC(=O)NCC#N)C1. The molecule has 1 heterocycles. The number of hydrogen-bond donors (Lipinski definition) is 2. The van der Waals surface area contributed by atoms with Gasteiger partial charge >= 0.3 is 5.97 Å². The minimum Gasteiger partial charge on any atom is -0.481 e. The number of aliphatic carboxylic acids is 1. The van der Waals surface area contributed by atoms with Crippen molar-refractivity contribution in [1.29, 1.82) is 5.26 Å². The molecule has 1 unspecified atom stereocenters. The number of likely N-dealkylation sites (tertiary alicyclic amines) is 1. The van der Waals surface area contributed by atoms with Gasteiger partial charge in [0.05, 0.1) is 18.0 Å². The zero-order chi connectivity index (χ0) is 12.2. The Morgan fingerprint density at radius 2 is 2.31 bits per heavy atom. The second kappa shape index (κ2) is 4.94. The third-order valence-electron chi connectivity index (χ3n) is 2.80. The van der Waals surface area contributed by atoms with Crippen molar-refractivity contribution < 1.29 is 14.7 Å². The first-order valence-electron chi connectivity index (χ1n) is 5.07. The number of rotatable bonds is 4. The van der Waals surface area contributed by atoms with Crippen molar-refractivity contribution in [2.24, 2.45) is 5.41 Å². The van der Waals surface area contributed by atoms with Gasteiger partial charge in [-0.3, -0.25) is 14.5 Å². The molecule has 0 aromatic carbocycles. The first-order valence-corrected chi connectivity index (χ1v) is 5.07. The van der Waals surface area contributed by atoms with Crippen LogP contribution in [0.1, 0.15) is 13.3 Å². The van der Waals surface area contributed by atoms with Crippen LogP contribution in [-0.2, 0) is 9.59 Å². The van der Waals surface area contributed by atoms with Crippen LogP contribution in [0, 0.1) is 16.7 Å². The van der Waals surface area contributed by atoms with E-state index in [1.807, 2.05) is 6.07 Å². The van der Waals surface area contributed by atoms with Crippen molar-refractivity contribution in [2.75, 3.05) is 26.2 Å².